The third-order valence-corrected chi connectivity index (χ3v) is 69.7. The molecule has 0 amide bonds. The van der Waals surface area contributed by atoms with Gasteiger partial charge in [0, 0.05) is 0 Å². The summed E-state index contributed by atoms with van der Waals surface area (Å²) in [5.41, 5.74) is 0. The first-order valence-electron chi connectivity index (χ1n) is 8.65. The molecule has 100 valence electrons. The van der Waals surface area contributed by atoms with Gasteiger partial charge in [-0.2, -0.15) is 0 Å². The monoisotopic (exact) mass is 300 g/mol. The second kappa shape index (κ2) is 0.645. The molecule has 10 rings (SSSR count). The van der Waals surface area contributed by atoms with Gasteiger partial charge < -0.3 is 0 Å². The summed E-state index contributed by atoms with van der Waals surface area (Å²) in [6.07, 6.45) is 4.88. The zero-order chi connectivity index (χ0) is 11.6. The Balaban J connectivity index is 1.54. The van der Waals surface area contributed by atoms with E-state index in [1.807, 2.05) is 0 Å². The molecule has 0 N–H and O–H groups in total. The normalized spacial score (nSPS) is 118. The number of fused-ring (bicyclic) bond motifs is 10. The summed E-state index contributed by atoms with van der Waals surface area (Å²) in [6, 6.07) is 0. The van der Waals surface area contributed by atoms with E-state index in [1.54, 1.807) is 51.4 Å². The standard InChI is InChI=1S/C11H19Si.C5H5.Fe/c1-4-5-6-10-7-8-11(9-10)12(2)3;1-2-4-5-3-1;/h7-9,12H,4-6H2,1-3H3;1-5H;. The van der Waals surface area contributed by atoms with Crippen molar-refractivity contribution in [3.8, 4) is 0 Å². The van der Waals surface area contributed by atoms with Crippen LogP contribution in [0.3, 0.4) is 0 Å². The van der Waals surface area contributed by atoms with Gasteiger partial charge in [-0.3, -0.25) is 0 Å². The van der Waals surface area contributed by atoms with E-state index in [9.17, 15) is 0 Å². The molecule has 10 aliphatic rings. The van der Waals surface area contributed by atoms with Crippen molar-refractivity contribution in [1.82, 2.24) is 0 Å². The van der Waals surface area contributed by atoms with Crippen LogP contribution in [0, 0.1) is 0 Å². The fraction of sp³-hybridized carbons (Fsp3) is 1.00. The summed E-state index contributed by atoms with van der Waals surface area (Å²) in [5, 5.41) is 0. The Morgan fingerprint density at radius 3 is 1.94 bits per heavy atom. The molecule has 0 nitrogen and oxygen atoms in total. The molecule has 10 fully saturated rings. The van der Waals surface area contributed by atoms with Gasteiger partial charge in [0.15, 0.2) is 0 Å². The predicted molar refractivity (Wildman–Crippen MR) is 73.8 cm³/mol. The number of hydrogen-bond acceptors (Lipinski definition) is 0. The van der Waals surface area contributed by atoms with Crippen molar-refractivity contribution >= 4 is 8.80 Å². The Morgan fingerprint density at radius 1 is 1.00 bits per heavy atom. The fourth-order valence-electron chi connectivity index (χ4n) is 20.0. The molecular weight excluding hydrogens is 276 g/mol. The minimum atomic E-state index is -2.81. The van der Waals surface area contributed by atoms with Gasteiger partial charge in [0.1, 0.15) is 0 Å². The summed E-state index contributed by atoms with van der Waals surface area (Å²) in [4.78, 5) is 12.5. The SMILES string of the molecule is CCCC[C]12[CH]3[CH]4[C]5([SiH](C)C)[CH]1[Fe]34251678[CH]2[CH]1[CH]6[CH]7[CH]28. The van der Waals surface area contributed by atoms with Gasteiger partial charge in [-0.05, 0) is 0 Å². The van der Waals surface area contributed by atoms with E-state index in [1.165, 1.54) is 14.7 Å². The van der Waals surface area contributed by atoms with Crippen molar-refractivity contribution in [1.29, 1.82) is 0 Å². The average Bonchev–Trinajstić information content (AvgIpc) is 3.28. The van der Waals surface area contributed by atoms with E-state index in [4.69, 9.17) is 0 Å². The fourth-order valence-corrected chi connectivity index (χ4v) is 121. The Bertz CT molecular complexity index is 994. The molecule has 0 bridgehead atoms. The number of unbranched alkanes of at least 4 members (excludes halogenated alkanes) is 1. The predicted octanol–water partition coefficient (Wildman–Crippen LogP) is 5.33. The zero-order valence-corrected chi connectivity index (χ0v) is 13.9. The second-order valence-corrected chi connectivity index (χ2v) is 39.4. The summed E-state index contributed by atoms with van der Waals surface area (Å²) >= 11 is 0. The molecule has 0 aliphatic carbocycles. The molecule has 10 saturated heterocycles. The van der Waals surface area contributed by atoms with Gasteiger partial charge in [0.25, 0.3) is 0 Å². The molecule has 0 aromatic heterocycles. The number of rotatable bonds is 4. The van der Waals surface area contributed by atoms with Crippen molar-refractivity contribution < 1.29 is 6.51 Å². The molecule has 0 aromatic carbocycles. The van der Waals surface area contributed by atoms with Crippen LogP contribution in [-0.4, -0.2) is 8.80 Å². The molecule has 0 aromatic rings. The topological polar surface area (TPSA) is 0 Å². The first-order valence-corrected chi connectivity index (χ1v) is 17.7. The van der Waals surface area contributed by atoms with E-state index in [-0.39, 0.29) is 8.80 Å². The van der Waals surface area contributed by atoms with Crippen LogP contribution in [0.25, 0.3) is 0 Å². The van der Waals surface area contributed by atoms with Gasteiger partial charge in [-0.15, -0.1) is 0 Å². The molecule has 0 radical (unpaired) electrons. The summed E-state index contributed by atoms with van der Waals surface area (Å²) in [5.74, 6) is 0. The first-order chi connectivity index (χ1) is 8.44. The van der Waals surface area contributed by atoms with Gasteiger partial charge >= 0.3 is 101 Å². The van der Waals surface area contributed by atoms with E-state index in [0.717, 1.165) is 0 Å². The Labute approximate surface area is 101 Å². The van der Waals surface area contributed by atoms with Crippen molar-refractivity contribution in [2.45, 2.75) is 86.1 Å². The zero-order valence-electron chi connectivity index (χ0n) is 11.7. The van der Waals surface area contributed by atoms with E-state index in [0.29, 0.717) is 0 Å². The van der Waals surface area contributed by atoms with E-state index >= 15 is 0 Å². The molecule has 1 spiro atoms. The Hall–Kier alpha value is 0.736. The summed E-state index contributed by atoms with van der Waals surface area (Å²) < 4.78 is 2.52. The molecule has 10 aliphatic heterocycles. The van der Waals surface area contributed by atoms with Crippen LogP contribution in [0.4, 0.5) is 0 Å². The third kappa shape index (κ3) is 0.0733. The van der Waals surface area contributed by atoms with Crippen LogP contribution in [0.15, 0.2) is 0 Å². The van der Waals surface area contributed by atoms with Crippen LogP contribution < -0.4 is 0 Å². The molecule has 5 atom stereocenters. The third-order valence-electron chi connectivity index (χ3n) is 17.0. The van der Waals surface area contributed by atoms with Crippen molar-refractivity contribution in [2.24, 2.45) is 0 Å². The van der Waals surface area contributed by atoms with Crippen LogP contribution in [0.1, 0.15) is 26.2 Å². The van der Waals surface area contributed by atoms with Crippen molar-refractivity contribution in [2.75, 3.05) is 0 Å². The minimum absolute atomic E-state index is 0.342. The molecule has 2 heteroatoms. The second-order valence-electron chi connectivity index (χ2n) is 12.3. The number of hydrogen-bond donors (Lipinski definition) is 0. The van der Waals surface area contributed by atoms with Crippen LogP contribution >= 0.6 is 0 Å². The van der Waals surface area contributed by atoms with Gasteiger partial charge in [-0.25, -0.2) is 0 Å². The summed E-state index contributed by atoms with van der Waals surface area (Å²) in [6.45, 7) is 5.23. The van der Waals surface area contributed by atoms with Crippen LogP contribution in [0.2, 0.25) is 59.9 Å². The molecule has 18 heavy (non-hydrogen) atoms. The Kier molecular flexibility index (Phi) is 0.275. The van der Waals surface area contributed by atoms with E-state index < -0.39 is 6.51 Å². The molecular formula is C16H24FeSi. The van der Waals surface area contributed by atoms with Crippen molar-refractivity contribution in [3.63, 3.8) is 0 Å². The summed E-state index contributed by atoms with van der Waals surface area (Å²) in [7, 11) is -0.342. The van der Waals surface area contributed by atoms with Gasteiger partial charge in [0.2, 0.25) is 0 Å². The first kappa shape index (κ1) is 7.66. The van der Waals surface area contributed by atoms with Crippen LogP contribution in [-0.2, 0) is 6.51 Å². The molecule has 5 unspecified atom stereocenters. The van der Waals surface area contributed by atoms with Gasteiger partial charge in [0.05, 0.1) is 0 Å². The molecule has 10 heterocycles. The van der Waals surface area contributed by atoms with Gasteiger partial charge in [-0.1, -0.05) is 0 Å². The molecule has 0 saturated carbocycles. The maximum atomic E-state index is 2.80. The maximum absolute atomic E-state index is 2.81. The quantitative estimate of drug-likeness (QED) is 0.615. The van der Waals surface area contributed by atoms with E-state index in [2.05, 4.69) is 20.0 Å². The average molecular weight is 300 g/mol. The Morgan fingerprint density at radius 2 is 1.61 bits per heavy atom. The van der Waals surface area contributed by atoms with Crippen LogP contribution in [0.5, 0.6) is 0 Å². The van der Waals surface area contributed by atoms with Crippen molar-refractivity contribution in [3.05, 3.63) is 0 Å².